The number of imidazole rings is 2. The Labute approximate surface area is 353 Å². The number of likely N-dealkylation sites (tertiary alicyclic amines) is 2. The van der Waals surface area contributed by atoms with Gasteiger partial charge in [0.05, 0.1) is 41.4 Å². The Morgan fingerprint density at radius 1 is 0.656 bits per heavy atom. The third kappa shape index (κ3) is 7.99. The van der Waals surface area contributed by atoms with Gasteiger partial charge in [0.25, 0.3) is 5.91 Å². The van der Waals surface area contributed by atoms with E-state index in [1.54, 1.807) is 35.4 Å². The van der Waals surface area contributed by atoms with Crippen LogP contribution in [0.5, 0.6) is 0 Å². The van der Waals surface area contributed by atoms with E-state index in [2.05, 4.69) is 67.7 Å². The van der Waals surface area contributed by atoms with E-state index in [0.29, 0.717) is 24.5 Å². The number of likely N-dealkylation sites (N-methyl/N-ethyl adjacent to an activating group) is 1. The van der Waals surface area contributed by atoms with Crippen molar-refractivity contribution in [1.82, 2.24) is 44.9 Å². The van der Waals surface area contributed by atoms with Crippen molar-refractivity contribution in [3.8, 4) is 33.6 Å². The van der Waals surface area contributed by atoms with Gasteiger partial charge in [-0.1, -0.05) is 97.1 Å². The average Bonchev–Trinajstić information content (AvgIpc) is 4.13. The molecule has 0 spiro atoms. The number of fused-ring (bicyclic) bond motifs is 1. The number of benzene rings is 4. The maximum Gasteiger partial charge on any atom is 0.405 e. The molecule has 0 bridgehead atoms. The number of rotatable bonds is 11. The summed E-state index contributed by atoms with van der Waals surface area (Å²) < 4.78 is 0. The second kappa shape index (κ2) is 16.9. The molecule has 0 radical (unpaired) electrons. The zero-order valence-electron chi connectivity index (χ0n) is 34.0. The van der Waals surface area contributed by atoms with Crippen LogP contribution in [0.3, 0.4) is 0 Å². The van der Waals surface area contributed by atoms with Gasteiger partial charge in [-0.25, -0.2) is 14.8 Å². The molecule has 4 atom stereocenters. The van der Waals surface area contributed by atoms with Gasteiger partial charge in [0.15, 0.2) is 0 Å². The van der Waals surface area contributed by atoms with E-state index in [-0.39, 0.29) is 23.9 Å². The SMILES string of the molecule is CN(C)C(C(=O)N1CCC[C@H]1c1ncc(-c2ccc(-c3ccc(-c4cnc([C@@H]5CCCN5C(=O)[C@H](NC(=O)O)c5ccccc5)[nH]4)cc3)cc2)[nH]1)c1cnc2ccccc2c1. The Kier molecular flexibility index (Phi) is 10.9. The third-order valence-electron chi connectivity index (χ3n) is 11.9. The van der Waals surface area contributed by atoms with Crippen molar-refractivity contribution in [1.29, 1.82) is 0 Å². The fourth-order valence-electron chi connectivity index (χ4n) is 8.90. The molecule has 13 nitrogen and oxygen atoms in total. The highest BCUT2D eigenvalue weighted by molar-refractivity contribution is 5.88. The summed E-state index contributed by atoms with van der Waals surface area (Å²) in [4.78, 5) is 66.3. The number of nitrogens with zero attached hydrogens (tertiary/aromatic N) is 6. The zero-order valence-corrected chi connectivity index (χ0v) is 34.0. The average molecular weight is 814 g/mol. The molecule has 1 unspecified atom stereocenters. The first-order chi connectivity index (χ1) is 29.7. The molecule has 13 heteroatoms. The second-order valence-corrected chi connectivity index (χ2v) is 16.0. The van der Waals surface area contributed by atoms with Crippen LogP contribution in [0.1, 0.15) is 72.6 Å². The van der Waals surface area contributed by atoms with Crippen LogP contribution in [-0.2, 0) is 9.59 Å². The molecule has 308 valence electrons. The van der Waals surface area contributed by atoms with Crippen LogP contribution in [-0.4, -0.2) is 89.8 Å². The van der Waals surface area contributed by atoms with Gasteiger partial charge < -0.3 is 30.2 Å². The minimum atomic E-state index is -1.25. The largest absolute Gasteiger partial charge is 0.465 e. The van der Waals surface area contributed by atoms with Gasteiger partial charge in [-0.3, -0.25) is 19.5 Å². The number of amides is 3. The summed E-state index contributed by atoms with van der Waals surface area (Å²) in [6.07, 6.45) is 7.46. The quantitative estimate of drug-likeness (QED) is 0.101. The Morgan fingerprint density at radius 2 is 1.18 bits per heavy atom. The molecule has 2 aliphatic heterocycles. The van der Waals surface area contributed by atoms with Gasteiger partial charge in [0.1, 0.15) is 23.7 Å². The summed E-state index contributed by atoms with van der Waals surface area (Å²) >= 11 is 0. The van der Waals surface area contributed by atoms with Crippen molar-refractivity contribution in [2.45, 2.75) is 49.9 Å². The van der Waals surface area contributed by atoms with Crippen LogP contribution in [0.15, 0.2) is 128 Å². The molecule has 2 aliphatic rings. The monoisotopic (exact) mass is 813 g/mol. The van der Waals surface area contributed by atoms with Crippen molar-refractivity contribution in [3.05, 3.63) is 151 Å². The van der Waals surface area contributed by atoms with Crippen LogP contribution < -0.4 is 5.32 Å². The molecule has 3 aromatic heterocycles. The number of nitrogens with one attached hydrogen (secondary N) is 3. The standard InChI is InChI=1S/C48H47N9O4/c1-55(2)43(36-26-35-12-6-7-13-37(35)49-27-36)47(59)57-25-9-15-41(57)45-51-29-39(53-45)33-22-18-31(19-23-33)30-16-20-32(21-17-30)38-28-50-44(52-38)40-14-8-24-56(40)46(58)42(54-48(60)61)34-10-4-3-5-11-34/h3-7,10-13,16-23,26-29,40-43,54H,8-9,14-15,24-25H2,1-2H3,(H,50,52)(H,51,53)(H,60,61)/t40-,41-,42+,43?/m0/s1. The number of aromatic nitrogens is 5. The summed E-state index contributed by atoms with van der Waals surface area (Å²) in [5.41, 5.74) is 8.18. The van der Waals surface area contributed by atoms with E-state index in [1.807, 2.05) is 78.8 Å². The molecule has 9 rings (SSSR count). The zero-order chi connectivity index (χ0) is 42.0. The third-order valence-corrected chi connectivity index (χ3v) is 11.9. The number of pyridine rings is 1. The van der Waals surface area contributed by atoms with Gasteiger partial charge in [-0.05, 0) is 85.3 Å². The molecule has 5 heterocycles. The predicted octanol–water partition coefficient (Wildman–Crippen LogP) is 8.32. The summed E-state index contributed by atoms with van der Waals surface area (Å²) in [6.45, 7) is 1.19. The number of para-hydroxylation sites is 1. The van der Waals surface area contributed by atoms with Gasteiger partial charge in [0, 0.05) is 24.7 Å². The molecule has 4 aromatic carbocycles. The molecular weight excluding hydrogens is 767 g/mol. The summed E-state index contributed by atoms with van der Waals surface area (Å²) in [7, 11) is 3.87. The number of hydrogen-bond acceptors (Lipinski definition) is 7. The Morgan fingerprint density at radius 3 is 1.74 bits per heavy atom. The normalized spacial score (nSPS) is 17.5. The highest BCUT2D eigenvalue weighted by atomic mass is 16.4. The molecule has 4 N–H and O–H groups in total. The highest BCUT2D eigenvalue weighted by Gasteiger charge is 2.38. The smallest absolute Gasteiger partial charge is 0.405 e. The number of carbonyl (C=O) groups excluding carboxylic acids is 2. The van der Waals surface area contributed by atoms with Crippen LogP contribution >= 0.6 is 0 Å². The lowest BCUT2D eigenvalue weighted by atomic mass is 10.0. The van der Waals surface area contributed by atoms with E-state index in [4.69, 9.17) is 4.98 Å². The lowest BCUT2D eigenvalue weighted by Crippen LogP contribution is -2.42. The van der Waals surface area contributed by atoms with Crippen LogP contribution in [0.25, 0.3) is 44.5 Å². The molecule has 2 fully saturated rings. The second-order valence-electron chi connectivity index (χ2n) is 16.0. The minimum Gasteiger partial charge on any atom is -0.465 e. The van der Waals surface area contributed by atoms with Crippen LogP contribution in [0.4, 0.5) is 4.79 Å². The topological polar surface area (TPSA) is 163 Å². The van der Waals surface area contributed by atoms with Crippen LogP contribution in [0.2, 0.25) is 0 Å². The fourth-order valence-corrected chi connectivity index (χ4v) is 8.90. The first-order valence-corrected chi connectivity index (χ1v) is 20.7. The van der Waals surface area contributed by atoms with Crippen molar-refractivity contribution in [2.75, 3.05) is 27.2 Å². The number of aromatic amines is 2. The van der Waals surface area contributed by atoms with E-state index < -0.39 is 18.2 Å². The lowest BCUT2D eigenvalue weighted by Gasteiger charge is -2.31. The Balaban J connectivity index is 0.862. The Hall–Kier alpha value is -7.12. The van der Waals surface area contributed by atoms with Gasteiger partial charge in [0.2, 0.25) is 5.91 Å². The van der Waals surface area contributed by atoms with Crippen molar-refractivity contribution >= 4 is 28.8 Å². The molecule has 3 amide bonds. The van der Waals surface area contributed by atoms with E-state index in [9.17, 15) is 19.5 Å². The summed E-state index contributed by atoms with van der Waals surface area (Å²) in [5, 5.41) is 12.9. The molecule has 0 saturated carbocycles. The maximum atomic E-state index is 14.2. The molecule has 7 aromatic rings. The van der Waals surface area contributed by atoms with Gasteiger partial charge >= 0.3 is 6.09 Å². The summed E-state index contributed by atoms with van der Waals surface area (Å²) in [5.74, 6) is 1.21. The number of hydrogen-bond donors (Lipinski definition) is 4. The van der Waals surface area contributed by atoms with E-state index in [0.717, 1.165) is 81.6 Å². The van der Waals surface area contributed by atoms with Crippen molar-refractivity contribution in [2.24, 2.45) is 0 Å². The molecular formula is C48H47N9O4. The van der Waals surface area contributed by atoms with E-state index >= 15 is 0 Å². The minimum absolute atomic E-state index is 0.0442. The first-order valence-electron chi connectivity index (χ1n) is 20.7. The predicted molar refractivity (Wildman–Crippen MR) is 233 cm³/mol. The van der Waals surface area contributed by atoms with Crippen molar-refractivity contribution < 1.29 is 19.5 Å². The first kappa shape index (κ1) is 39.3. The van der Waals surface area contributed by atoms with Gasteiger partial charge in [-0.15, -0.1) is 0 Å². The highest BCUT2D eigenvalue weighted by Crippen LogP contribution is 2.37. The van der Waals surface area contributed by atoms with Crippen molar-refractivity contribution in [3.63, 3.8) is 0 Å². The molecule has 2 saturated heterocycles. The summed E-state index contributed by atoms with van der Waals surface area (Å²) in [6, 6.07) is 33.7. The molecule has 0 aliphatic carbocycles. The van der Waals surface area contributed by atoms with Gasteiger partial charge in [-0.2, -0.15) is 0 Å². The maximum absolute atomic E-state index is 14.2. The fraction of sp³-hybridized carbons (Fsp3) is 0.250. The van der Waals surface area contributed by atoms with E-state index in [1.165, 1.54) is 0 Å². The molecule has 61 heavy (non-hydrogen) atoms. The lowest BCUT2D eigenvalue weighted by molar-refractivity contribution is -0.137. The number of carbonyl (C=O) groups is 3. The Bertz CT molecular complexity index is 2680. The number of carboxylic acid groups (broad SMARTS) is 1. The van der Waals surface area contributed by atoms with Crippen LogP contribution in [0, 0.1) is 0 Å². The number of H-pyrrole nitrogens is 2.